The van der Waals surface area contributed by atoms with Crippen LogP contribution in [0.2, 0.25) is 0 Å². The molecule has 0 aromatic heterocycles. The smallest absolute Gasteiger partial charge is 0.312 e. The fraction of sp³-hybridized carbons (Fsp3) is 0.867. The van der Waals surface area contributed by atoms with E-state index in [1.165, 1.54) is 32.1 Å². The van der Waals surface area contributed by atoms with E-state index >= 15 is 0 Å². The minimum absolute atomic E-state index is 0.249. The number of unbranched alkanes of at least 4 members (excludes halogenated alkanes) is 2. The monoisotopic (exact) mass is 283 g/mol. The fourth-order valence-corrected chi connectivity index (χ4v) is 2.84. The minimum atomic E-state index is -0.478. The number of rotatable bonds is 8. The molecule has 5 nitrogen and oxygen atoms in total. The van der Waals surface area contributed by atoms with Gasteiger partial charge in [0.15, 0.2) is 0 Å². The predicted octanol–water partition coefficient (Wildman–Crippen LogP) is 2.25. The first-order chi connectivity index (χ1) is 9.59. The maximum absolute atomic E-state index is 12.0. The molecule has 0 unspecified atom stereocenters. The summed E-state index contributed by atoms with van der Waals surface area (Å²) in [6, 6.07) is -0.478. The lowest BCUT2D eigenvalue weighted by Gasteiger charge is -2.27. The Morgan fingerprint density at radius 1 is 1.15 bits per heavy atom. The average Bonchev–Trinajstić information content (AvgIpc) is 2.43. The van der Waals surface area contributed by atoms with E-state index < -0.39 is 6.03 Å². The van der Waals surface area contributed by atoms with Crippen LogP contribution in [0.3, 0.4) is 0 Å². The Bertz CT molecular complexity index is 301. The van der Waals surface area contributed by atoms with Crippen LogP contribution in [0.5, 0.6) is 0 Å². The van der Waals surface area contributed by atoms with E-state index in [4.69, 9.17) is 5.73 Å². The second-order valence-electron chi connectivity index (χ2n) is 5.88. The largest absolute Gasteiger partial charge is 0.352 e. The topological polar surface area (TPSA) is 75.4 Å². The molecule has 0 atom stereocenters. The summed E-state index contributed by atoms with van der Waals surface area (Å²) in [5.41, 5.74) is 4.97. The third-order valence-corrected chi connectivity index (χ3v) is 4.05. The van der Waals surface area contributed by atoms with Gasteiger partial charge in [-0.3, -0.25) is 4.79 Å². The zero-order chi connectivity index (χ0) is 14.8. The van der Waals surface area contributed by atoms with Gasteiger partial charge in [-0.15, -0.1) is 0 Å². The van der Waals surface area contributed by atoms with Gasteiger partial charge in [-0.05, 0) is 31.6 Å². The number of hydrogen-bond acceptors (Lipinski definition) is 2. The van der Waals surface area contributed by atoms with Gasteiger partial charge in [-0.2, -0.15) is 0 Å². The van der Waals surface area contributed by atoms with Gasteiger partial charge in [0.1, 0.15) is 0 Å². The molecule has 1 aliphatic carbocycles. The van der Waals surface area contributed by atoms with Crippen molar-refractivity contribution in [3.63, 3.8) is 0 Å². The zero-order valence-corrected chi connectivity index (χ0v) is 12.7. The number of urea groups is 1. The van der Waals surface area contributed by atoms with Crippen molar-refractivity contribution in [3.8, 4) is 0 Å². The van der Waals surface area contributed by atoms with E-state index in [0.717, 1.165) is 25.8 Å². The highest BCUT2D eigenvalue weighted by Crippen LogP contribution is 2.24. The van der Waals surface area contributed by atoms with Crippen LogP contribution in [0.15, 0.2) is 0 Å². The molecule has 1 aliphatic rings. The molecular formula is C15H29N3O2. The summed E-state index contributed by atoms with van der Waals surface area (Å²) >= 11 is 0. The third-order valence-electron chi connectivity index (χ3n) is 4.05. The van der Waals surface area contributed by atoms with Crippen LogP contribution in [0.25, 0.3) is 0 Å². The Morgan fingerprint density at radius 2 is 1.85 bits per heavy atom. The lowest BCUT2D eigenvalue weighted by molar-refractivity contribution is -0.130. The summed E-state index contributed by atoms with van der Waals surface area (Å²) < 4.78 is 0. The lowest BCUT2D eigenvalue weighted by Crippen LogP contribution is -2.32. The molecule has 3 amide bonds. The van der Waals surface area contributed by atoms with Crippen molar-refractivity contribution in [2.75, 3.05) is 20.1 Å². The minimum Gasteiger partial charge on any atom is -0.352 e. The molecule has 1 rings (SSSR count). The number of amides is 3. The number of hydrogen-bond donors (Lipinski definition) is 2. The molecule has 116 valence electrons. The van der Waals surface area contributed by atoms with Crippen molar-refractivity contribution in [2.45, 2.75) is 57.8 Å². The van der Waals surface area contributed by atoms with Crippen molar-refractivity contribution in [1.82, 2.24) is 10.2 Å². The normalized spacial score (nSPS) is 15.8. The first-order valence-corrected chi connectivity index (χ1v) is 7.87. The van der Waals surface area contributed by atoms with Gasteiger partial charge in [-0.1, -0.05) is 25.7 Å². The van der Waals surface area contributed by atoms with Crippen LogP contribution in [-0.2, 0) is 4.79 Å². The number of carbonyl (C=O) groups excluding carboxylic acids is 2. The molecule has 0 bridgehead atoms. The first-order valence-electron chi connectivity index (χ1n) is 7.87. The highest BCUT2D eigenvalue weighted by atomic mass is 16.2. The second-order valence-corrected chi connectivity index (χ2v) is 5.88. The Hall–Kier alpha value is -1.26. The molecule has 3 N–H and O–H groups in total. The Labute approximate surface area is 122 Å². The van der Waals surface area contributed by atoms with E-state index in [2.05, 4.69) is 5.32 Å². The quantitative estimate of drug-likeness (QED) is 0.670. The van der Waals surface area contributed by atoms with Crippen LogP contribution in [0.4, 0.5) is 4.79 Å². The van der Waals surface area contributed by atoms with Gasteiger partial charge in [0.05, 0.1) is 0 Å². The summed E-state index contributed by atoms with van der Waals surface area (Å²) in [5.74, 6) is 0.955. The summed E-state index contributed by atoms with van der Waals surface area (Å²) in [6.45, 7) is 1.52. The molecule has 0 aromatic rings. The van der Waals surface area contributed by atoms with E-state index in [-0.39, 0.29) is 5.91 Å². The van der Waals surface area contributed by atoms with Gasteiger partial charge in [0.25, 0.3) is 0 Å². The Kier molecular flexibility index (Phi) is 8.07. The summed E-state index contributed by atoms with van der Waals surface area (Å²) in [7, 11) is 1.92. The van der Waals surface area contributed by atoms with E-state index in [1.807, 2.05) is 11.9 Å². The van der Waals surface area contributed by atoms with Gasteiger partial charge < -0.3 is 16.0 Å². The molecule has 0 heterocycles. The van der Waals surface area contributed by atoms with Crippen LogP contribution in [0.1, 0.15) is 57.8 Å². The van der Waals surface area contributed by atoms with Crippen molar-refractivity contribution < 1.29 is 9.59 Å². The van der Waals surface area contributed by atoms with Crippen molar-refractivity contribution in [2.24, 2.45) is 11.7 Å². The van der Waals surface area contributed by atoms with Crippen LogP contribution in [-0.4, -0.2) is 37.0 Å². The second kappa shape index (κ2) is 9.61. The van der Waals surface area contributed by atoms with Gasteiger partial charge >= 0.3 is 6.03 Å². The van der Waals surface area contributed by atoms with Crippen molar-refractivity contribution in [1.29, 1.82) is 0 Å². The SMILES string of the molecule is CN(CC1CCCCC1)C(=O)CCCCCNC(N)=O. The predicted molar refractivity (Wildman–Crippen MR) is 80.3 cm³/mol. The van der Waals surface area contributed by atoms with Gasteiger partial charge in [0.2, 0.25) is 5.91 Å². The van der Waals surface area contributed by atoms with Gasteiger partial charge in [-0.25, -0.2) is 4.79 Å². The Morgan fingerprint density at radius 3 is 2.50 bits per heavy atom. The van der Waals surface area contributed by atoms with E-state index in [0.29, 0.717) is 18.9 Å². The summed E-state index contributed by atoms with van der Waals surface area (Å²) in [5, 5.41) is 2.55. The molecule has 1 saturated carbocycles. The van der Waals surface area contributed by atoms with Crippen LogP contribution < -0.4 is 11.1 Å². The lowest BCUT2D eigenvalue weighted by atomic mass is 9.89. The summed E-state index contributed by atoms with van der Waals surface area (Å²) in [6.07, 6.45) is 9.86. The molecule has 5 heteroatoms. The van der Waals surface area contributed by atoms with E-state index in [1.54, 1.807) is 0 Å². The highest BCUT2D eigenvalue weighted by Gasteiger charge is 2.17. The van der Waals surface area contributed by atoms with Gasteiger partial charge in [0, 0.05) is 26.6 Å². The molecular weight excluding hydrogens is 254 g/mol. The fourth-order valence-electron chi connectivity index (χ4n) is 2.84. The maximum atomic E-state index is 12.0. The number of primary amides is 1. The number of nitrogens with one attached hydrogen (secondary N) is 1. The standard InChI is InChI=1S/C15H29N3O2/c1-18(12-13-8-4-2-5-9-13)14(19)10-6-3-7-11-17-15(16)20/h13H,2-12H2,1H3,(H3,16,17,20). The molecule has 0 spiro atoms. The summed E-state index contributed by atoms with van der Waals surface area (Å²) in [4.78, 5) is 24.4. The van der Waals surface area contributed by atoms with Crippen molar-refractivity contribution in [3.05, 3.63) is 0 Å². The first kappa shape index (κ1) is 16.8. The molecule has 0 aromatic carbocycles. The van der Waals surface area contributed by atoms with Crippen molar-refractivity contribution >= 4 is 11.9 Å². The van der Waals surface area contributed by atoms with E-state index in [9.17, 15) is 9.59 Å². The number of nitrogens with two attached hydrogens (primary N) is 1. The third kappa shape index (κ3) is 7.36. The average molecular weight is 283 g/mol. The Balaban J connectivity index is 2.04. The van der Waals surface area contributed by atoms with Crippen LogP contribution >= 0.6 is 0 Å². The highest BCUT2D eigenvalue weighted by molar-refractivity contribution is 5.75. The number of nitrogens with zero attached hydrogens (tertiary/aromatic N) is 1. The van der Waals surface area contributed by atoms with Crippen LogP contribution in [0, 0.1) is 5.92 Å². The molecule has 0 radical (unpaired) electrons. The molecule has 0 aliphatic heterocycles. The molecule has 20 heavy (non-hydrogen) atoms. The number of carbonyl (C=O) groups is 2. The maximum Gasteiger partial charge on any atom is 0.312 e. The zero-order valence-electron chi connectivity index (χ0n) is 12.7. The molecule has 1 fully saturated rings. The molecule has 0 saturated heterocycles.